The molecular weight excluding hydrogens is 351 g/mol. The minimum absolute atomic E-state index is 0.0607. The second-order valence-electron chi connectivity index (χ2n) is 6.39. The number of rotatable bonds is 6. The third-order valence-corrected chi connectivity index (χ3v) is 4.96. The summed E-state index contributed by atoms with van der Waals surface area (Å²) >= 11 is 0. The van der Waals surface area contributed by atoms with Crippen LogP contribution in [0.3, 0.4) is 0 Å². The first-order valence-electron chi connectivity index (χ1n) is 7.92. The molecule has 0 aromatic heterocycles. The summed E-state index contributed by atoms with van der Waals surface area (Å²) in [5, 5.41) is 12.0. The summed E-state index contributed by atoms with van der Waals surface area (Å²) < 4.78 is 38.4. The Hall–Kier alpha value is -2.16. The minimum Gasteiger partial charge on any atom is -0.481 e. The predicted molar refractivity (Wildman–Crippen MR) is 90.4 cm³/mol. The molecule has 1 fully saturated rings. The smallest absolute Gasteiger partial charge is 0.311 e. The predicted octanol–water partition coefficient (Wildman–Crippen LogP) is 1.96. The summed E-state index contributed by atoms with van der Waals surface area (Å²) in [4.78, 5) is 24.0. The zero-order chi connectivity index (χ0) is 18.7. The number of carbonyl (C=O) groups excluding carboxylic acids is 1. The van der Waals surface area contributed by atoms with Crippen molar-refractivity contribution in [2.45, 2.75) is 32.1 Å². The normalized spacial score (nSPS) is 16.9. The van der Waals surface area contributed by atoms with E-state index in [2.05, 4.69) is 10.0 Å². The molecule has 138 valence electrons. The van der Waals surface area contributed by atoms with Crippen LogP contribution in [0, 0.1) is 11.2 Å². The van der Waals surface area contributed by atoms with E-state index in [4.69, 9.17) is 0 Å². The first kappa shape index (κ1) is 19.2. The molecule has 0 atom stereocenters. The Kier molecular flexibility index (Phi) is 5.66. The van der Waals surface area contributed by atoms with E-state index in [0.29, 0.717) is 12.8 Å². The molecule has 0 spiro atoms. The van der Waals surface area contributed by atoms with E-state index < -0.39 is 33.1 Å². The van der Waals surface area contributed by atoms with Crippen LogP contribution >= 0.6 is 0 Å². The van der Waals surface area contributed by atoms with E-state index in [1.165, 1.54) is 0 Å². The molecule has 25 heavy (non-hydrogen) atoms. The largest absolute Gasteiger partial charge is 0.481 e. The SMILES string of the molecule is CS(=O)(=O)Nc1ccc(F)cc1C(=O)NCC1(C(=O)O)CCCCC1. The summed E-state index contributed by atoms with van der Waals surface area (Å²) in [6.45, 7) is -0.0873. The Balaban J connectivity index is 2.20. The van der Waals surface area contributed by atoms with Gasteiger partial charge in [-0.2, -0.15) is 0 Å². The number of nitrogens with one attached hydrogen (secondary N) is 2. The first-order chi connectivity index (χ1) is 11.6. The van der Waals surface area contributed by atoms with Crippen molar-refractivity contribution in [3.63, 3.8) is 0 Å². The highest BCUT2D eigenvalue weighted by atomic mass is 32.2. The van der Waals surface area contributed by atoms with Gasteiger partial charge in [0.2, 0.25) is 10.0 Å². The maximum absolute atomic E-state index is 13.5. The lowest BCUT2D eigenvalue weighted by molar-refractivity contribution is -0.150. The van der Waals surface area contributed by atoms with Gasteiger partial charge in [-0.1, -0.05) is 19.3 Å². The molecule has 1 saturated carbocycles. The van der Waals surface area contributed by atoms with Crippen LogP contribution in [0.25, 0.3) is 0 Å². The van der Waals surface area contributed by atoms with Crippen LogP contribution in [0.15, 0.2) is 18.2 Å². The highest BCUT2D eigenvalue weighted by molar-refractivity contribution is 7.92. The molecule has 0 bridgehead atoms. The molecule has 3 N–H and O–H groups in total. The molecule has 0 saturated heterocycles. The maximum atomic E-state index is 13.5. The fourth-order valence-corrected chi connectivity index (χ4v) is 3.61. The van der Waals surface area contributed by atoms with E-state index in [-0.39, 0.29) is 17.8 Å². The molecule has 7 nitrogen and oxygen atoms in total. The number of benzene rings is 1. The molecule has 2 rings (SSSR count). The fraction of sp³-hybridized carbons (Fsp3) is 0.500. The molecule has 1 aromatic rings. The number of hydrogen-bond acceptors (Lipinski definition) is 4. The van der Waals surface area contributed by atoms with Crippen molar-refractivity contribution >= 4 is 27.6 Å². The summed E-state index contributed by atoms with van der Waals surface area (Å²) in [7, 11) is -3.65. The number of halogens is 1. The molecule has 1 aliphatic rings. The van der Waals surface area contributed by atoms with E-state index in [1.807, 2.05) is 0 Å². The zero-order valence-corrected chi connectivity index (χ0v) is 14.7. The Morgan fingerprint density at radius 2 is 1.88 bits per heavy atom. The lowest BCUT2D eigenvalue weighted by Gasteiger charge is -2.33. The molecule has 0 heterocycles. The van der Waals surface area contributed by atoms with Crippen LogP contribution in [-0.2, 0) is 14.8 Å². The van der Waals surface area contributed by atoms with E-state index in [0.717, 1.165) is 43.7 Å². The molecule has 9 heteroatoms. The number of carboxylic acids is 1. The fourth-order valence-electron chi connectivity index (χ4n) is 3.03. The quantitative estimate of drug-likeness (QED) is 0.707. The number of carboxylic acid groups (broad SMARTS) is 1. The molecule has 0 aliphatic heterocycles. The van der Waals surface area contributed by atoms with Gasteiger partial charge in [-0.3, -0.25) is 14.3 Å². The summed E-state index contributed by atoms with van der Waals surface area (Å²) in [6, 6.07) is 3.10. The number of anilines is 1. The van der Waals surface area contributed by atoms with E-state index >= 15 is 0 Å². The average molecular weight is 372 g/mol. The Labute approximate surface area is 145 Å². The molecule has 1 aliphatic carbocycles. The van der Waals surface area contributed by atoms with Crippen LogP contribution in [-0.4, -0.2) is 38.2 Å². The zero-order valence-electron chi connectivity index (χ0n) is 13.8. The third-order valence-electron chi connectivity index (χ3n) is 4.37. The second kappa shape index (κ2) is 7.38. The van der Waals surface area contributed by atoms with Gasteiger partial charge in [0.05, 0.1) is 22.9 Å². The lowest BCUT2D eigenvalue weighted by Crippen LogP contribution is -2.44. The van der Waals surface area contributed by atoms with Gasteiger partial charge in [0, 0.05) is 6.54 Å². The van der Waals surface area contributed by atoms with Crippen molar-refractivity contribution in [3.8, 4) is 0 Å². The monoisotopic (exact) mass is 372 g/mol. The van der Waals surface area contributed by atoms with Crippen molar-refractivity contribution in [1.82, 2.24) is 5.32 Å². The minimum atomic E-state index is -3.65. The molecule has 0 radical (unpaired) electrons. The van der Waals surface area contributed by atoms with Gasteiger partial charge in [0.1, 0.15) is 5.82 Å². The molecule has 1 aromatic carbocycles. The van der Waals surface area contributed by atoms with Crippen LogP contribution in [0.1, 0.15) is 42.5 Å². The molecular formula is C16H21FN2O5S. The van der Waals surface area contributed by atoms with E-state index in [1.54, 1.807) is 0 Å². The highest BCUT2D eigenvalue weighted by Gasteiger charge is 2.40. The first-order valence-corrected chi connectivity index (χ1v) is 9.81. The second-order valence-corrected chi connectivity index (χ2v) is 8.14. The van der Waals surface area contributed by atoms with Crippen LogP contribution < -0.4 is 10.0 Å². The van der Waals surface area contributed by atoms with Crippen molar-refractivity contribution < 1.29 is 27.5 Å². The lowest BCUT2D eigenvalue weighted by atomic mass is 9.74. The summed E-state index contributed by atoms with van der Waals surface area (Å²) in [5.74, 6) is -2.40. The van der Waals surface area contributed by atoms with Crippen LogP contribution in [0.2, 0.25) is 0 Å². The van der Waals surface area contributed by atoms with Gasteiger partial charge in [-0.15, -0.1) is 0 Å². The number of carbonyl (C=O) groups is 2. The van der Waals surface area contributed by atoms with Gasteiger partial charge < -0.3 is 10.4 Å². The molecule has 0 unspecified atom stereocenters. The highest BCUT2D eigenvalue weighted by Crippen LogP contribution is 2.36. The van der Waals surface area contributed by atoms with E-state index in [9.17, 15) is 27.5 Å². The molecule has 1 amide bonds. The van der Waals surface area contributed by atoms with Crippen molar-refractivity contribution in [2.24, 2.45) is 5.41 Å². The third kappa shape index (κ3) is 4.91. The average Bonchev–Trinajstić information content (AvgIpc) is 2.54. The van der Waals surface area contributed by atoms with Gasteiger partial charge in [-0.25, -0.2) is 12.8 Å². The Morgan fingerprint density at radius 1 is 1.24 bits per heavy atom. The summed E-state index contributed by atoms with van der Waals surface area (Å²) in [6.07, 6.45) is 4.32. The van der Waals surface area contributed by atoms with Gasteiger partial charge in [0.25, 0.3) is 5.91 Å². The van der Waals surface area contributed by atoms with Gasteiger partial charge in [0.15, 0.2) is 0 Å². The van der Waals surface area contributed by atoms with Gasteiger partial charge in [-0.05, 0) is 31.0 Å². The number of amides is 1. The standard InChI is InChI=1S/C16H21FN2O5S/c1-25(23,24)19-13-6-5-11(17)9-12(13)14(20)18-10-16(15(21)22)7-3-2-4-8-16/h5-6,9,19H,2-4,7-8,10H2,1H3,(H,18,20)(H,21,22). The Bertz CT molecular complexity index is 773. The number of hydrogen-bond donors (Lipinski definition) is 3. The van der Waals surface area contributed by atoms with Crippen molar-refractivity contribution in [2.75, 3.05) is 17.5 Å². The maximum Gasteiger partial charge on any atom is 0.311 e. The van der Waals surface area contributed by atoms with Gasteiger partial charge >= 0.3 is 5.97 Å². The number of sulfonamides is 1. The van der Waals surface area contributed by atoms with Crippen LogP contribution in [0.5, 0.6) is 0 Å². The van der Waals surface area contributed by atoms with Crippen molar-refractivity contribution in [3.05, 3.63) is 29.6 Å². The topological polar surface area (TPSA) is 113 Å². The number of aliphatic carboxylic acids is 1. The Morgan fingerprint density at radius 3 is 2.44 bits per heavy atom. The van der Waals surface area contributed by atoms with Crippen molar-refractivity contribution in [1.29, 1.82) is 0 Å². The van der Waals surface area contributed by atoms with Crippen LogP contribution in [0.4, 0.5) is 10.1 Å². The summed E-state index contributed by atoms with van der Waals surface area (Å²) in [5.41, 5.74) is -1.29.